The van der Waals surface area contributed by atoms with Gasteiger partial charge in [-0.3, -0.25) is 4.79 Å². The topological polar surface area (TPSA) is 103 Å². The lowest BCUT2D eigenvalue weighted by Gasteiger charge is -2.26. The Balaban J connectivity index is 4.51. The summed E-state index contributed by atoms with van der Waals surface area (Å²) in [4.78, 5) is 36.6. The average molecular weight is 463 g/mol. The summed E-state index contributed by atoms with van der Waals surface area (Å²) in [6.45, 7) is 18.5. The Bertz CT molecular complexity index is 590. The van der Waals surface area contributed by atoms with Crippen LogP contribution in [0.5, 0.6) is 0 Å². The summed E-state index contributed by atoms with van der Waals surface area (Å²) < 4.78 is 16.0. The van der Waals surface area contributed by atoms with E-state index in [0.717, 1.165) is 5.75 Å². The predicted octanol–water partition coefficient (Wildman–Crippen LogP) is 3.66. The van der Waals surface area contributed by atoms with E-state index in [9.17, 15) is 14.4 Å². The Labute approximate surface area is 191 Å². The largest absolute Gasteiger partial charge is 0.459 e. The minimum Gasteiger partial charge on any atom is -0.459 e. The van der Waals surface area contributed by atoms with Gasteiger partial charge in [-0.25, -0.2) is 9.59 Å². The third-order valence-electron chi connectivity index (χ3n) is 3.39. The van der Waals surface area contributed by atoms with Gasteiger partial charge in [0.05, 0.1) is 0 Å². The van der Waals surface area contributed by atoms with Gasteiger partial charge in [0.25, 0.3) is 0 Å². The molecule has 31 heavy (non-hydrogen) atoms. The van der Waals surface area contributed by atoms with Crippen LogP contribution < -0.4 is 10.6 Å². The van der Waals surface area contributed by atoms with Crippen molar-refractivity contribution in [1.29, 1.82) is 0 Å². The van der Waals surface area contributed by atoms with Crippen LogP contribution in [0, 0.1) is 0 Å². The third kappa shape index (κ3) is 16.8. The molecule has 8 nitrogen and oxygen atoms in total. The Morgan fingerprint density at radius 3 is 1.74 bits per heavy atom. The van der Waals surface area contributed by atoms with Crippen molar-refractivity contribution in [1.82, 2.24) is 10.6 Å². The molecular weight excluding hydrogens is 420 g/mol. The molecule has 0 aliphatic carbocycles. The van der Waals surface area contributed by atoms with Crippen LogP contribution in [0.15, 0.2) is 0 Å². The lowest BCUT2D eigenvalue weighted by molar-refractivity contribution is -0.158. The van der Waals surface area contributed by atoms with E-state index in [1.165, 1.54) is 0 Å². The molecule has 1 amide bonds. The number of rotatable bonds is 10. The van der Waals surface area contributed by atoms with Crippen molar-refractivity contribution in [2.24, 2.45) is 0 Å². The van der Waals surface area contributed by atoms with Gasteiger partial charge in [-0.15, -0.1) is 0 Å². The average Bonchev–Trinajstić information content (AvgIpc) is 2.51. The predicted molar refractivity (Wildman–Crippen MR) is 124 cm³/mol. The minimum absolute atomic E-state index is 0.288. The van der Waals surface area contributed by atoms with Gasteiger partial charge in [0.1, 0.15) is 28.9 Å². The summed E-state index contributed by atoms with van der Waals surface area (Å²) in [6.07, 6.45) is -0.248. The monoisotopic (exact) mass is 462 g/mol. The molecule has 0 bridgehead atoms. The van der Waals surface area contributed by atoms with E-state index in [1.807, 2.05) is 20.8 Å². The van der Waals surface area contributed by atoms with Crippen molar-refractivity contribution in [3.05, 3.63) is 0 Å². The maximum absolute atomic E-state index is 12.5. The summed E-state index contributed by atoms with van der Waals surface area (Å²) in [7, 11) is 0. The fraction of sp³-hybridized carbons (Fsp3) is 0.864. The fourth-order valence-electron chi connectivity index (χ4n) is 2.20. The second kappa shape index (κ2) is 12.5. The van der Waals surface area contributed by atoms with Gasteiger partial charge in [-0.2, -0.15) is 11.8 Å². The maximum atomic E-state index is 12.5. The molecule has 0 rings (SSSR count). The van der Waals surface area contributed by atoms with E-state index >= 15 is 0 Å². The SMILES string of the molecule is C[C@H](NCCSCCC(NC(=O)OC(C)(C)C)C(=O)OC(C)(C)C)C(=O)OC(C)(C)C. The molecule has 2 N–H and O–H groups in total. The van der Waals surface area contributed by atoms with Crippen LogP contribution in [0.25, 0.3) is 0 Å². The summed E-state index contributed by atoms with van der Waals surface area (Å²) >= 11 is 1.61. The van der Waals surface area contributed by atoms with E-state index in [4.69, 9.17) is 14.2 Å². The Morgan fingerprint density at radius 1 is 0.774 bits per heavy atom. The van der Waals surface area contributed by atoms with Crippen molar-refractivity contribution in [2.75, 3.05) is 18.1 Å². The fourth-order valence-corrected chi connectivity index (χ4v) is 3.06. The number of alkyl carbamates (subject to hydrolysis) is 1. The molecule has 0 radical (unpaired) electrons. The molecule has 0 heterocycles. The first-order chi connectivity index (χ1) is 13.9. The number of carbonyl (C=O) groups is 3. The Hall–Kier alpha value is -1.48. The van der Waals surface area contributed by atoms with Crippen LogP contribution in [0.2, 0.25) is 0 Å². The highest BCUT2D eigenvalue weighted by atomic mass is 32.2. The second-order valence-corrected chi connectivity index (χ2v) is 11.6. The smallest absolute Gasteiger partial charge is 0.408 e. The van der Waals surface area contributed by atoms with Gasteiger partial charge in [0.15, 0.2) is 0 Å². The van der Waals surface area contributed by atoms with E-state index in [1.54, 1.807) is 60.2 Å². The van der Waals surface area contributed by atoms with E-state index in [0.29, 0.717) is 18.7 Å². The zero-order valence-electron chi connectivity index (χ0n) is 20.8. The first-order valence-corrected chi connectivity index (χ1v) is 11.8. The van der Waals surface area contributed by atoms with Crippen LogP contribution in [0.1, 0.15) is 75.7 Å². The number of carbonyl (C=O) groups excluding carboxylic acids is 3. The maximum Gasteiger partial charge on any atom is 0.408 e. The molecule has 0 aliphatic rings. The van der Waals surface area contributed by atoms with Crippen molar-refractivity contribution in [2.45, 2.75) is 105 Å². The highest BCUT2D eigenvalue weighted by Gasteiger charge is 2.28. The molecule has 182 valence electrons. The van der Waals surface area contributed by atoms with Crippen LogP contribution >= 0.6 is 11.8 Å². The van der Waals surface area contributed by atoms with E-state index in [2.05, 4.69) is 10.6 Å². The van der Waals surface area contributed by atoms with Gasteiger partial charge in [0, 0.05) is 12.3 Å². The van der Waals surface area contributed by atoms with Crippen LogP contribution in [0.3, 0.4) is 0 Å². The molecule has 2 atom stereocenters. The number of nitrogens with one attached hydrogen (secondary N) is 2. The van der Waals surface area contributed by atoms with Crippen molar-refractivity contribution < 1.29 is 28.6 Å². The number of ether oxygens (including phenoxy) is 3. The first-order valence-electron chi connectivity index (χ1n) is 10.7. The van der Waals surface area contributed by atoms with Gasteiger partial charge in [-0.05, 0) is 81.4 Å². The number of amides is 1. The van der Waals surface area contributed by atoms with Gasteiger partial charge >= 0.3 is 18.0 Å². The van der Waals surface area contributed by atoms with Crippen LogP contribution in [-0.2, 0) is 23.8 Å². The number of hydrogen-bond acceptors (Lipinski definition) is 8. The molecule has 1 unspecified atom stereocenters. The molecule has 0 saturated heterocycles. The highest BCUT2D eigenvalue weighted by Crippen LogP contribution is 2.14. The van der Waals surface area contributed by atoms with Crippen LogP contribution in [0.4, 0.5) is 4.79 Å². The van der Waals surface area contributed by atoms with Crippen molar-refractivity contribution in [3.63, 3.8) is 0 Å². The Kier molecular flexibility index (Phi) is 11.9. The summed E-state index contributed by atoms with van der Waals surface area (Å²) in [5.41, 5.74) is -1.83. The molecule has 0 spiro atoms. The van der Waals surface area contributed by atoms with Gasteiger partial charge in [-0.1, -0.05) is 0 Å². The normalized spacial score (nSPS) is 14.4. The standard InChI is InChI=1S/C22H42N2O6S/c1-15(17(25)28-20(2,3)4)23-12-14-31-13-11-16(18(26)29-21(5,6)7)24-19(27)30-22(8,9)10/h15-16,23H,11-14H2,1-10H3,(H,24,27)/t15-,16?/m0/s1. The summed E-state index contributed by atoms with van der Waals surface area (Å²) in [6, 6.07) is -1.20. The number of esters is 2. The number of hydrogen-bond donors (Lipinski definition) is 2. The molecule has 0 aromatic rings. The Morgan fingerprint density at radius 2 is 1.26 bits per heavy atom. The van der Waals surface area contributed by atoms with Gasteiger partial charge < -0.3 is 24.8 Å². The molecule has 0 aromatic heterocycles. The molecular formula is C22H42N2O6S. The summed E-state index contributed by atoms with van der Waals surface area (Å²) in [5.74, 6) is 0.586. The molecule has 0 saturated carbocycles. The summed E-state index contributed by atoms with van der Waals surface area (Å²) in [5, 5.41) is 5.74. The third-order valence-corrected chi connectivity index (χ3v) is 4.41. The van der Waals surface area contributed by atoms with Crippen LogP contribution in [-0.4, -0.2) is 65.0 Å². The zero-order valence-corrected chi connectivity index (χ0v) is 21.7. The first kappa shape index (κ1) is 29.5. The zero-order chi connectivity index (χ0) is 24.5. The minimum atomic E-state index is -0.796. The van der Waals surface area contributed by atoms with E-state index in [-0.39, 0.29) is 5.97 Å². The molecule has 0 aliphatic heterocycles. The molecule has 0 aromatic carbocycles. The lowest BCUT2D eigenvalue weighted by atomic mass is 10.1. The molecule has 0 fully saturated rings. The van der Waals surface area contributed by atoms with E-state index < -0.39 is 40.9 Å². The molecule has 9 heteroatoms. The number of thioether (sulfide) groups is 1. The van der Waals surface area contributed by atoms with Gasteiger partial charge in [0.2, 0.25) is 0 Å². The highest BCUT2D eigenvalue weighted by molar-refractivity contribution is 7.99. The quantitative estimate of drug-likeness (QED) is 0.288. The van der Waals surface area contributed by atoms with Crippen molar-refractivity contribution >= 4 is 29.8 Å². The van der Waals surface area contributed by atoms with Crippen molar-refractivity contribution in [3.8, 4) is 0 Å². The lowest BCUT2D eigenvalue weighted by Crippen LogP contribution is -2.46. The second-order valence-electron chi connectivity index (χ2n) is 10.3.